The van der Waals surface area contributed by atoms with Crippen LogP contribution < -0.4 is 15.7 Å². The highest BCUT2D eigenvalue weighted by Gasteiger charge is 2.45. The van der Waals surface area contributed by atoms with Crippen molar-refractivity contribution in [2.45, 2.75) is 18.3 Å². The first-order valence-corrected chi connectivity index (χ1v) is 11.4. The van der Waals surface area contributed by atoms with Crippen molar-refractivity contribution in [1.29, 1.82) is 0 Å². The van der Waals surface area contributed by atoms with Crippen LogP contribution in [-0.4, -0.2) is 37.2 Å². The van der Waals surface area contributed by atoms with E-state index < -0.39 is 35.5 Å². The minimum absolute atomic E-state index is 0.107. The van der Waals surface area contributed by atoms with Crippen LogP contribution in [0.1, 0.15) is 17.5 Å². The second kappa shape index (κ2) is 9.03. The number of pyridine rings is 1. The molecule has 1 aliphatic heterocycles. The van der Waals surface area contributed by atoms with E-state index in [2.05, 4.69) is 25.3 Å². The van der Waals surface area contributed by atoms with Crippen LogP contribution in [0.3, 0.4) is 0 Å². The molecule has 0 spiro atoms. The number of imidazole rings is 2. The number of aromatic amines is 2. The zero-order valence-corrected chi connectivity index (χ0v) is 19.3. The number of nitrogens with zero attached hydrogens (tertiary/aromatic N) is 3. The fourth-order valence-corrected chi connectivity index (χ4v) is 4.32. The zero-order chi connectivity index (χ0) is 26.4. The van der Waals surface area contributed by atoms with Crippen molar-refractivity contribution in [2.24, 2.45) is 0 Å². The second-order valence-corrected chi connectivity index (χ2v) is 8.55. The minimum atomic E-state index is -4.68. The van der Waals surface area contributed by atoms with E-state index >= 15 is 0 Å². The third kappa shape index (κ3) is 4.26. The minimum Gasteiger partial charge on any atom is -0.452 e. The van der Waals surface area contributed by atoms with E-state index in [1.54, 1.807) is 30.3 Å². The Morgan fingerprint density at radius 2 is 1.87 bits per heavy atom. The average molecular weight is 526 g/mol. The molecule has 3 aromatic heterocycles. The first-order valence-electron chi connectivity index (χ1n) is 11.4. The van der Waals surface area contributed by atoms with Gasteiger partial charge in [0.25, 0.3) is 0 Å². The summed E-state index contributed by atoms with van der Waals surface area (Å²) in [6, 6.07) is 13.0. The smallest absolute Gasteiger partial charge is 0.433 e. The number of alkyl halides is 3. The second-order valence-electron chi connectivity index (χ2n) is 8.55. The van der Waals surface area contributed by atoms with Crippen LogP contribution in [-0.2, 0) is 10.9 Å². The van der Waals surface area contributed by atoms with E-state index in [-0.39, 0.29) is 35.0 Å². The van der Waals surface area contributed by atoms with Crippen molar-refractivity contribution in [2.75, 3.05) is 11.9 Å². The molecule has 2 atom stereocenters. The van der Waals surface area contributed by atoms with Gasteiger partial charge in [0.2, 0.25) is 0 Å². The highest BCUT2D eigenvalue weighted by Crippen LogP contribution is 2.41. The highest BCUT2D eigenvalue weighted by atomic mass is 19.4. The van der Waals surface area contributed by atoms with E-state index in [1.165, 1.54) is 24.4 Å². The van der Waals surface area contributed by atoms with Crippen molar-refractivity contribution in [3.05, 3.63) is 94.8 Å². The van der Waals surface area contributed by atoms with Gasteiger partial charge in [-0.3, -0.25) is 9.55 Å². The van der Waals surface area contributed by atoms with E-state index in [4.69, 9.17) is 9.47 Å². The molecule has 4 heterocycles. The lowest BCUT2D eigenvalue weighted by molar-refractivity contribution is -0.147. The van der Waals surface area contributed by atoms with Gasteiger partial charge < -0.3 is 19.8 Å². The van der Waals surface area contributed by atoms with Crippen molar-refractivity contribution < 1.29 is 27.0 Å². The predicted octanol–water partition coefficient (Wildman–Crippen LogP) is 4.94. The molecule has 2 aromatic carbocycles. The topological polar surface area (TPSA) is 110 Å². The number of nitrogens with one attached hydrogen (secondary N) is 3. The monoisotopic (exact) mass is 526 g/mol. The number of halogens is 4. The Kier molecular flexibility index (Phi) is 5.64. The zero-order valence-electron chi connectivity index (χ0n) is 19.3. The van der Waals surface area contributed by atoms with Crippen LogP contribution in [0.2, 0.25) is 0 Å². The molecule has 6 rings (SSSR count). The lowest BCUT2D eigenvalue weighted by atomic mass is 10.0. The van der Waals surface area contributed by atoms with E-state index in [9.17, 15) is 22.4 Å². The number of rotatable bonds is 6. The van der Waals surface area contributed by atoms with Gasteiger partial charge in [-0.2, -0.15) is 13.2 Å². The summed E-state index contributed by atoms with van der Waals surface area (Å²) >= 11 is 0. The van der Waals surface area contributed by atoms with Crippen molar-refractivity contribution in [1.82, 2.24) is 24.5 Å². The Bertz CT molecular complexity index is 1680. The molecule has 13 heteroatoms. The highest BCUT2D eigenvalue weighted by molar-refractivity contribution is 5.77. The lowest BCUT2D eigenvalue weighted by Crippen LogP contribution is -2.44. The molecule has 0 aliphatic carbocycles. The van der Waals surface area contributed by atoms with Gasteiger partial charge in [-0.25, -0.2) is 19.2 Å². The van der Waals surface area contributed by atoms with Crippen LogP contribution in [0.25, 0.3) is 16.9 Å². The number of aromatic nitrogens is 5. The molecule has 3 N–H and O–H groups in total. The van der Waals surface area contributed by atoms with Gasteiger partial charge in [0, 0.05) is 29.7 Å². The van der Waals surface area contributed by atoms with Crippen molar-refractivity contribution in [3.8, 4) is 17.2 Å². The molecule has 1 aliphatic rings. The standard InChI is InChI=1S/C25H18F4N6O3/c26-15-10-13(6-7-17(15)38-18-8-9-30-23-19(18)33-24(36)34-23)32-16-11-37-21(16)20-22(25(27,28)29)35(12-31-20)14-4-2-1-3-5-14/h1-10,12,16,21,32H,11H2,(H2,30,33,34,36). The molecule has 0 saturated carbocycles. The van der Waals surface area contributed by atoms with Crippen LogP contribution in [0, 0.1) is 5.82 Å². The molecule has 5 aromatic rings. The summed E-state index contributed by atoms with van der Waals surface area (Å²) in [5.74, 6) is -0.652. The van der Waals surface area contributed by atoms with Gasteiger partial charge in [-0.1, -0.05) is 18.2 Å². The number of hydrogen-bond acceptors (Lipinski definition) is 6. The van der Waals surface area contributed by atoms with Crippen molar-refractivity contribution >= 4 is 16.9 Å². The Morgan fingerprint density at radius 3 is 2.58 bits per heavy atom. The SMILES string of the molecule is O=c1[nH]c2nccc(Oc3ccc(NC4COC4c4ncn(-c5ccccc5)c4C(F)(F)F)cc3F)c2[nH]1. The summed E-state index contributed by atoms with van der Waals surface area (Å²) in [5.41, 5.74) is -0.494. The summed E-state index contributed by atoms with van der Waals surface area (Å²) in [6.45, 7) is 0.107. The summed E-state index contributed by atoms with van der Waals surface area (Å²) in [5, 5.41) is 3.02. The fraction of sp³-hybridized carbons (Fsp3) is 0.160. The normalized spacial score (nSPS) is 17.4. The summed E-state index contributed by atoms with van der Waals surface area (Å²) in [6.07, 6.45) is -3.16. The van der Waals surface area contributed by atoms with Gasteiger partial charge in [0.15, 0.2) is 28.7 Å². The lowest BCUT2D eigenvalue weighted by Gasteiger charge is -2.37. The number of ether oxygens (including phenoxy) is 2. The molecule has 0 bridgehead atoms. The number of hydrogen-bond donors (Lipinski definition) is 3. The van der Waals surface area contributed by atoms with E-state index in [0.29, 0.717) is 11.4 Å². The van der Waals surface area contributed by atoms with E-state index in [0.717, 1.165) is 17.0 Å². The van der Waals surface area contributed by atoms with E-state index in [1.807, 2.05) is 0 Å². The van der Waals surface area contributed by atoms with Gasteiger partial charge in [0.05, 0.1) is 12.6 Å². The largest absolute Gasteiger partial charge is 0.452 e. The van der Waals surface area contributed by atoms with Crippen molar-refractivity contribution in [3.63, 3.8) is 0 Å². The molecule has 0 amide bonds. The molecule has 38 heavy (non-hydrogen) atoms. The molecule has 1 fully saturated rings. The molecular weight excluding hydrogens is 508 g/mol. The number of anilines is 1. The number of fused-ring (bicyclic) bond motifs is 1. The van der Waals surface area contributed by atoms with Gasteiger partial charge in [-0.05, 0) is 24.3 Å². The Labute approximate surface area is 211 Å². The van der Waals surface area contributed by atoms with Crippen LogP contribution >= 0.6 is 0 Å². The number of benzene rings is 2. The third-order valence-electron chi connectivity index (χ3n) is 6.08. The first-order chi connectivity index (χ1) is 18.3. The van der Waals surface area contributed by atoms with Gasteiger partial charge >= 0.3 is 11.9 Å². The Balaban J connectivity index is 1.23. The maximum atomic E-state index is 14.9. The molecule has 0 radical (unpaired) electrons. The average Bonchev–Trinajstić information content (AvgIpc) is 3.48. The molecular formula is C25H18F4N6O3. The molecule has 1 saturated heterocycles. The Hall–Kier alpha value is -4.65. The predicted molar refractivity (Wildman–Crippen MR) is 128 cm³/mol. The molecule has 194 valence electrons. The quantitative estimate of drug-likeness (QED) is 0.271. The van der Waals surface area contributed by atoms with Crippen LogP contribution in [0.15, 0.2) is 71.9 Å². The Morgan fingerprint density at radius 1 is 1.05 bits per heavy atom. The summed E-state index contributed by atoms with van der Waals surface area (Å²) in [7, 11) is 0. The molecule has 9 nitrogen and oxygen atoms in total. The maximum absolute atomic E-state index is 14.9. The maximum Gasteiger partial charge on any atom is 0.433 e. The summed E-state index contributed by atoms with van der Waals surface area (Å²) in [4.78, 5) is 24.6. The van der Waals surface area contributed by atoms with Gasteiger partial charge in [-0.15, -0.1) is 0 Å². The fourth-order valence-electron chi connectivity index (χ4n) is 4.32. The number of para-hydroxylation sites is 1. The van der Waals surface area contributed by atoms with Crippen LogP contribution in [0.5, 0.6) is 11.5 Å². The van der Waals surface area contributed by atoms with Crippen LogP contribution in [0.4, 0.5) is 23.2 Å². The summed E-state index contributed by atoms with van der Waals surface area (Å²) < 4.78 is 69.1. The third-order valence-corrected chi connectivity index (χ3v) is 6.08. The molecule has 2 unspecified atom stereocenters. The van der Waals surface area contributed by atoms with Gasteiger partial charge in [0.1, 0.15) is 23.6 Å². The number of H-pyrrole nitrogens is 2. The first kappa shape index (κ1) is 23.7.